The lowest BCUT2D eigenvalue weighted by molar-refractivity contribution is -0.383. The van der Waals surface area contributed by atoms with Gasteiger partial charge in [-0.1, -0.05) is 30.3 Å². The molecule has 2 heterocycles. The van der Waals surface area contributed by atoms with Gasteiger partial charge in [-0.2, -0.15) is 0 Å². The molecule has 1 aromatic carbocycles. The predicted molar refractivity (Wildman–Crippen MR) is 94.8 cm³/mol. The van der Waals surface area contributed by atoms with Gasteiger partial charge in [-0.05, 0) is 24.8 Å². The van der Waals surface area contributed by atoms with Crippen molar-refractivity contribution in [3.63, 3.8) is 0 Å². The molecule has 1 aromatic heterocycles. The van der Waals surface area contributed by atoms with Gasteiger partial charge in [-0.15, -0.1) is 0 Å². The van der Waals surface area contributed by atoms with Gasteiger partial charge in [0.15, 0.2) is 0 Å². The molecule has 1 aliphatic heterocycles. The molecule has 0 spiro atoms. The third kappa shape index (κ3) is 4.63. The van der Waals surface area contributed by atoms with Crippen molar-refractivity contribution in [1.82, 2.24) is 9.97 Å². The molecule has 3 rings (SSSR count). The summed E-state index contributed by atoms with van der Waals surface area (Å²) >= 11 is 0. The molecule has 8 heteroatoms. The lowest BCUT2D eigenvalue weighted by Crippen LogP contribution is -2.20. The maximum absolute atomic E-state index is 11.5. The highest BCUT2D eigenvalue weighted by Crippen LogP contribution is 2.29. The Balaban J connectivity index is 1.65. The van der Waals surface area contributed by atoms with E-state index in [-0.39, 0.29) is 23.4 Å². The van der Waals surface area contributed by atoms with Gasteiger partial charge in [0.2, 0.25) is 11.6 Å². The third-order valence-electron chi connectivity index (χ3n) is 4.07. The first-order valence-corrected chi connectivity index (χ1v) is 8.36. The Bertz CT molecular complexity index is 705. The van der Waals surface area contributed by atoms with Crippen molar-refractivity contribution in [3.05, 3.63) is 52.3 Å². The van der Waals surface area contributed by atoms with E-state index in [1.807, 2.05) is 30.3 Å². The van der Waals surface area contributed by atoms with Crippen LogP contribution in [0.25, 0.3) is 0 Å². The Morgan fingerprint density at radius 1 is 1.20 bits per heavy atom. The topological polar surface area (TPSA) is 102 Å². The molecule has 0 saturated carbocycles. The summed E-state index contributed by atoms with van der Waals surface area (Å²) in [4.78, 5) is 19.1. The van der Waals surface area contributed by atoms with Gasteiger partial charge in [0.1, 0.15) is 6.33 Å². The van der Waals surface area contributed by atoms with Gasteiger partial charge in [-0.25, -0.2) is 9.97 Å². The first-order chi connectivity index (χ1) is 12.2. The standard InChI is InChI=1S/C17H21N5O3/c23-22(24)15-16(18-9-8-13-5-2-1-3-6-13)20-12-21-17(15)19-11-14-7-4-10-25-14/h1-3,5-6,12,14H,4,7-11H2,(H2,18,19,20,21). The molecule has 0 amide bonds. The summed E-state index contributed by atoms with van der Waals surface area (Å²) in [5, 5.41) is 17.6. The maximum atomic E-state index is 11.5. The summed E-state index contributed by atoms with van der Waals surface area (Å²) < 4.78 is 5.53. The predicted octanol–water partition coefficient (Wildman–Crippen LogP) is 2.63. The lowest BCUT2D eigenvalue weighted by Gasteiger charge is -2.13. The van der Waals surface area contributed by atoms with Gasteiger partial charge in [0, 0.05) is 19.7 Å². The van der Waals surface area contributed by atoms with Crippen molar-refractivity contribution in [2.24, 2.45) is 0 Å². The molecule has 1 aliphatic rings. The number of hydrogen-bond donors (Lipinski definition) is 2. The van der Waals surface area contributed by atoms with Crippen LogP contribution in [0.1, 0.15) is 18.4 Å². The molecule has 0 bridgehead atoms. The number of nitrogens with one attached hydrogen (secondary N) is 2. The second kappa shape index (κ2) is 8.39. The van der Waals surface area contributed by atoms with E-state index in [1.165, 1.54) is 6.33 Å². The normalized spacial score (nSPS) is 16.6. The highest BCUT2D eigenvalue weighted by atomic mass is 16.6. The van der Waals surface area contributed by atoms with Crippen LogP contribution in [0.5, 0.6) is 0 Å². The number of benzene rings is 1. The van der Waals surface area contributed by atoms with Crippen LogP contribution in [0.4, 0.5) is 17.3 Å². The van der Waals surface area contributed by atoms with Crippen LogP contribution in [0.2, 0.25) is 0 Å². The number of ether oxygens (including phenoxy) is 1. The number of anilines is 2. The lowest BCUT2D eigenvalue weighted by atomic mass is 10.1. The first kappa shape index (κ1) is 17.1. The van der Waals surface area contributed by atoms with Crippen LogP contribution < -0.4 is 10.6 Å². The Morgan fingerprint density at radius 3 is 2.64 bits per heavy atom. The smallest absolute Gasteiger partial charge is 0.353 e. The van der Waals surface area contributed by atoms with E-state index in [9.17, 15) is 10.1 Å². The minimum Gasteiger partial charge on any atom is -0.376 e. The number of rotatable bonds is 8. The first-order valence-electron chi connectivity index (χ1n) is 8.36. The molecule has 2 N–H and O–H groups in total. The molecule has 1 saturated heterocycles. The summed E-state index contributed by atoms with van der Waals surface area (Å²) in [5.41, 5.74) is 1.02. The molecule has 1 atom stereocenters. The molecule has 2 aromatic rings. The quantitative estimate of drug-likeness (QED) is 0.561. The van der Waals surface area contributed by atoms with E-state index in [0.29, 0.717) is 13.1 Å². The monoisotopic (exact) mass is 343 g/mol. The molecule has 132 valence electrons. The zero-order valence-electron chi connectivity index (χ0n) is 13.9. The van der Waals surface area contributed by atoms with Crippen molar-refractivity contribution < 1.29 is 9.66 Å². The molecule has 0 radical (unpaired) electrons. The van der Waals surface area contributed by atoms with E-state index >= 15 is 0 Å². The Hall–Kier alpha value is -2.74. The van der Waals surface area contributed by atoms with Gasteiger partial charge >= 0.3 is 5.69 Å². The summed E-state index contributed by atoms with van der Waals surface area (Å²) in [7, 11) is 0. The molecule has 0 aliphatic carbocycles. The zero-order chi connectivity index (χ0) is 17.5. The van der Waals surface area contributed by atoms with Gasteiger partial charge in [0.25, 0.3) is 0 Å². The third-order valence-corrected chi connectivity index (χ3v) is 4.07. The second-order valence-corrected chi connectivity index (χ2v) is 5.85. The van der Waals surface area contributed by atoms with E-state index in [2.05, 4.69) is 20.6 Å². The second-order valence-electron chi connectivity index (χ2n) is 5.85. The number of aromatic nitrogens is 2. The van der Waals surface area contributed by atoms with E-state index in [1.54, 1.807) is 0 Å². The zero-order valence-corrected chi connectivity index (χ0v) is 13.9. The van der Waals surface area contributed by atoms with Crippen molar-refractivity contribution >= 4 is 17.3 Å². The number of nitrogens with zero attached hydrogens (tertiary/aromatic N) is 3. The van der Waals surface area contributed by atoms with E-state index in [4.69, 9.17) is 4.74 Å². The van der Waals surface area contributed by atoms with Crippen LogP contribution >= 0.6 is 0 Å². The van der Waals surface area contributed by atoms with Gasteiger partial charge < -0.3 is 15.4 Å². The summed E-state index contributed by atoms with van der Waals surface area (Å²) in [6.45, 7) is 1.79. The average Bonchev–Trinajstić information content (AvgIpc) is 3.14. The fourth-order valence-electron chi connectivity index (χ4n) is 2.80. The number of nitro groups is 1. The minimum absolute atomic E-state index is 0.0732. The Kier molecular flexibility index (Phi) is 5.73. The highest BCUT2D eigenvalue weighted by Gasteiger charge is 2.24. The van der Waals surface area contributed by atoms with Gasteiger partial charge in [0.05, 0.1) is 11.0 Å². The van der Waals surface area contributed by atoms with E-state index < -0.39 is 4.92 Å². The van der Waals surface area contributed by atoms with Crippen molar-refractivity contribution in [2.75, 3.05) is 30.3 Å². The molecule has 25 heavy (non-hydrogen) atoms. The molecule has 1 fully saturated rings. The fraction of sp³-hybridized carbons (Fsp3) is 0.412. The summed E-state index contributed by atoms with van der Waals surface area (Å²) in [5.74, 6) is 0.448. The SMILES string of the molecule is O=[N+]([O-])c1c(NCCc2ccccc2)ncnc1NCC1CCCO1. The fourth-order valence-corrected chi connectivity index (χ4v) is 2.80. The van der Waals surface area contributed by atoms with Crippen molar-refractivity contribution in [3.8, 4) is 0 Å². The van der Waals surface area contributed by atoms with Crippen LogP contribution in [0.3, 0.4) is 0 Å². The van der Waals surface area contributed by atoms with Crippen molar-refractivity contribution in [2.45, 2.75) is 25.4 Å². The van der Waals surface area contributed by atoms with Crippen LogP contribution in [-0.2, 0) is 11.2 Å². The van der Waals surface area contributed by atoms with Crippen LogP contribution in [-0.4, -0.2) is 40.7 Å². The highest BCUT2D eigenvalue weighted by molar-refractivity contribution is 5.69. The summed E-state index contributed by atoms with van der Waals surface area (Å²) in [6.07, 6.45) is 4.12. The average molecular weight is 343 g/mol. The van der Waals surface area contributed by atoms with Gasteiger partial charge in [-0.3, -0.25) is 10.1 Å². The molecular formula is C17H21N5O3. The molecular weight excluding hydrogens is 322 g/mol. The largest absolute Gasteiger partial charge is 0.376 e. The maximum Gasteiger partial charge on any atom is 0.353 e. The Morgan fingerprint density at radius 2 is 1.96 bits per heavy atom. The van der Waals surface area contributed by atoms with Crippen LogP contribution in [0, 0.1) is 10.1 Å². The Labute approximate surface area is 145 Å². The molecule has 8 nitrogen and oxygen atoms in total. The van der Waals surface area contributed by atoms with Crippen LogP contribution in [0.15, 0.2) is 36.7 Å². The molecule has 1 unspecified atom stereocenters. The minimum atomic E-state index is -0.456. The summed E-state index contributed by atoms with van der Waals surface area (Å²) in [6, 6.07) is 9.93. The number of hydrogen-bond acceptors (Lipinski definition) is 7. The van der Waals surface area contributed by atoms with Crippen molar-refractivity contribution in [1.29, 1.82) is 0 Å². The van der Waals surface area contributed by atoms with E-state index in [0.717, 1.165) is 31.4 Å².